The summed E-state index contributed by atoms with van der Waals surface area (Å²) in [5.74, 6) is 0.748. The van der Waals surface area contributed by atoms with Gasteiger partial charge < -0.3 is 20.2 Å². The smallest absolute Gasteiger partial charge is 0.282 e. The number of piperazine rings is 1. The van der Waals surface area contributed by atoms with E-state index < -0.39 is 0 Å². The van der Waals surface area contributed by atoms with Crippen molar-refractivity contribution in [1.82, 2.24) is 0 Å². The Bertz CT molecular complexity index is 783. The molecule has 2 aromatic rings. The second kappa shape index (κ2) is 8.44. The number of hydrogen-bond donors (Lipinski definition) is 3. The lowest BCUT2D eigenvalue weighted by atomic mass is 10.0. The predicted molar refractivity (Wildman–Crippen MR) is 110 cm³/mol. The van der Waals surface area contributed by atoms with Gasteiger partial charge in [-0.3, -0.25) is 4.79 Å². The average Bonchev–Trinajstić information content (AvgIpc) is 2.68. The van der Waals surface area contributed by atoms with Gasteiger partial charge >= 0.3 is 0 Å². The number of aromatic hydroxyl groups is 1. The number of benzene rings is 2. The first-order chi connectivity index (χ1) is 13.0. The zero-order valence-corrected chi connectivity index (χ0v) is 16.4. The summed E-state index contributed by atoms with van der Waals surface area (Å²) >= 11 is 0. The summed E-state index contributed by atoms with van der Waals surface area (Å²) < 4.78 is 0. The van der Waals surface area contributed by atoms with Gasteiger partial charge in [0.25, 0.3) is 5.91 Å². The molecular formula is C22H30N3O2+. The molecule has 1 aliphatic heterocycles. The van der Waals surface area contributed by atoms with Crippen LogP contribution in [0.25, 0.3) is 0 Å². The summed E-state index contributed by atoms with van der Waals surface area (Å²) in [7, 11) is 0. The van der Waals surface area contributed by atoms with Crippen LogP contribution in [0.3, 0.4) is 0 Å². The zero-order valence-electron chi connectivity index (χ0n) is 16.4. The van der Waals surface area contributed by atoms with Crippen LogP contribution < -0.4 is 15.1 Å². The Morgan fingerprint density at radius 2 is 1.67 bits per heavy atom. The quantitative estimate of drug-likeness (QED) is 0.759. The summed E-state index contributed by atoms with van der Waals surface area (Å²) in [5.41, 5.74) is 2.95. The Hall–Kier alpha value is -2.53. The number of nitrogens with zero attached hydrogens (tertiary/aromatic N) is 1. The van der Waals surface area contributed by atoms with Gasteiger partial charge in [-0.1, -0.05) is 44.2 Å². The highest BCUT2D eigenvalue weighted by Gasteiger charge is 2.30. The minimum absolute atomic E-state index is 0.0640. The van der Waals surface area contributed by atoms with E-state index in [0.717, 1.165) is 43.1 Å². The minimum atomic E-state index is -0.114. The molecule has 0 saturated carbocycles. The van der Waals surface area contributed by atoms with Crippen LogP contribution in [-0.2, 0) is 4.79 Å². The van der Waals surface area contributed by atoms with E-state index in [2.05, 4.69) is 30.1 Å². The van der Waals surface area contributed by atoms with Crippen molar-refractivity contribution in [3.05, 3.63) is 54.1 Å². The molecule has 3 rings (SSSR count). The van der Waals surface area contributed by atoms with Crippen LogP contribution in [0.2, 0.25) is 0 Å². The van der Waals surface area contributed by atoms with Crippen molar-refractivity contribution >= 4 is 17.3 Å². The van der Waals surface area contributed by atoms with E-state index >= 15 is 0 Å². The number of carbonyl (C=O) groups excluding carboxylic acids is 1. The molecule has 5 heteroatoms. The fraction of sp³-hybridized carbons (Fsp3) is 0.409. The number of nitrogens with one attached hydrogen (secondary N) is 2. The van der Waals surface area contributed by atoms with Crippen molar-refractivity contribution in [3.8, 4) is 5.75 Å². The molecule has 0 unspecified atom stereocenters. The highest BCUT2D eigenvalue weighted by molar-refractivity contribution is 5.94. The molecular weight excluding hydrogens is 338 g/mol. The molecule has 1 fully saturated rings. The number of anilines is 2. The van der Waals surface area contributed by atoms with E-state index in [4.69, 9.17) is 0 Å². The van der Waals surface area contributed by atoms with Crippen LogP contribution in [0.4, 0.5) is 11.4 Å². The van der Waals surface area contributed by atoms with Crippen LogP contribution >= 0.6 is 0 Å². The van der Waals surface area contributed by atoms with E-state index in [-0.39, 0.29) is 11.9 Å². The third-order valence-corrected chi connectivity index (χ3v) is 5.47. The van der Waals surface area contributed by atoms with Crippen LogP contribution in [0.5, 0.6) is 5.75 Å². The van der Waals surface area contributed by atoms with Crippen LogP contribution in [-0.4, -0.2) is 43.2 Å². The molecule has 144 valence electrons. The van der Waals surface area contributed by atoms with Gasteiger partial charge in [-0.2, -0.15) is 0 Å². The summed E-state index contributed by atoms with van der Waals surface area (Å²) in [6.45, 7) is 9.66. The number of amides is 1. The molecule has 1 atom stereocenters. The fourth-order valence-corrected chi connectivity index (χ4v) is 3.74. The maximum Gasteiger partial charge on any atom is 0.282 e. The molecule has 1 amide bonds. The van der Waals surface area contributed by atoms with Crippen LogP contribution in [0.15, 0.2) is 48.5 Å². The Labute approximate surface area is 161 Å². The van der Waals surface area contributed by atoms with Gasteiger partial charge in [0.2, 0.25) is 0 Å². The molecule has 0 radical (unpaired) electrons. The van der Waals surface area contributed by atoms with E-state index in [9.17, 15) is 9.90 Å². The molecule has 0 bridgehead atoms. The van der Waals surface area contributed by atoms with Gasteiger partial charge in [0, 0.05) is 5.69 Å². The fourth-order valence-electron chi connectivity index (χ4n) is 3.74. The van der Waals surface area contributed by atoms with Gasteiger partial charge in [0.1, 0.15) is 5.75 Å². The van der Waals surface area contributed by atoms with E-state index in [1.165, 1.54) is 4.90 Å². The van der Waals surface area contributed by atoms with Crippen molar-refractivity contribution in [2.75, 3.05) is 36.4 Å². The van der Waals surface area contributed by atoms with Crippen molar-refractivity contribution in [2.24, 2.45) is 0 Å². The number of hydrogen-bond acceptors (Lipinski definition) is 3. The lowest BCUT2D eigenvalue weighted by molar-refractivity contribution is -0.914. The van der Waals surface area contributed by atoms with Gasteiger partial charge in [0.05, 0.1) is 31.9 Å². The molecule has 1 saturated heterocycles. The first kappa shape index (κ1) is 19.2. The average molecular weight is 369 g/mol. The standard InChI is InChI=1S/C22H29N3O2/c1-16(2)18-8-4-5-9-19(18)23-22(27)17(3)24-12-14-25(15-13-24)20-10-6-7-11-21(20)26/h4-11,16-17,26H,12-15H2,1-3H3,(H,23,27)/p+1/t17-/m1/s1. The maximum absolute atomic E-state index is 12.8. The SMILES string of the molecule is CC(C)c1ccccc1NC(=O)[C@@H](C)[NH+]1CCN(c2ccccc2O)CC1. The Morgan fingerprint density at radius 3 is 2.33 bits per heavy atom. The van der Waals surface area contributed by atoms with Gasteiger partial charge in [-0.15, -0.1) is 0 Å². The first-order valence-electron chi connectivity index (χ1n) is 9.74. The van der Waals surface area contributed by atoms with Crippen LogP contribution in [0.1, 0.15) is 32.3 Å². The highest BCUT2D eigenvalue weighted by atomic mass is 16.3. The van der Waals surface area contributed by atoms with Crippen molar-refractivity contribution in [2.45, 2.75) is 32.7 Å². The Balaban J connectivity index is 1.60. The molecule has 2 aromatic carbocycles. The second-order valence-electron chi connectivity index (χ2n) is 7.59. The summed E-state index contributed by atoms with van der Waals surface area (Å²) in [6.07, 6.45) is 0. The maximum atomic E-state index is 12.8. The van der Waals surface area contributed by atoms with E-state index in [1.807, 2.05) is 43.3 Å². The predicted octanol–water partition coefficient (Wildman–Crippen LogP) is 2.25. The number of rotatable bonds is 5. The Morgan fingerprint density at radius 1 is 1.04 bits per heavy atom. The molecule has 27 heavy (non-hydrogen) atoms. The monoisotopic (exact) mass is 368 g/mol. The highest BCUT2D eigenvalue weighted by Crippen LogP contribution is 2.26. The summed E-state index contributed by atoms with van der Waals surface area (Å²) in [5, 5.41) is 13.2. The number of quaternary nitrogens is 1. The van der Waals surface area contributed by atoms with Gasteiger partial charge in [-0.05, 0) is 36.6 Å². The summed E-state index contributed by atoms with van der Waals surface area (Å²) in [4.78, 5) is 16.3. The Kier molecular flexibility index (Phi) is 6.01. The number of phenolic OH excluding ortho intramolecular Hbond substituents is 1. The molecule has 5 nitrogen and oxygen atoms in total. The molecule has 0 aliphatic carbocycles. The molecule has 0 spiro atoms. The third-order valence-electron chi connectivity index (χ3n) is 5.47. The molecule has 0 aromatic heterocycles. The van der Waals surface area contributed by atoms with Gasteiger partial charge in [0.15, 0.2) is 6.04 Å². The summed E-state index contributed by atoms with van der Waals surface area (Å²) in [6, 6.07) is 15.3. The van der Waals surface area contributed by atoms with Crippen molar-refractivity contribution < 1.29 is 14.8 Å². The topological polar surface area (TPSA) is 57.0 Å². The zero-order chi connectivity index (χ0) is 19.4. The van der Waals surface area contributed by atoms with E-state index in [1.54, 1.807) is 6.07 Å². The second-order valence-corrected chi connectivity index (χ2v) is 7.59. The largest absolute Gasteiger partial charge is 0.506 e. The lowest BCUT2D eigenvalue weighted by Crippen LogP contribution is -3.19. The lowest BCUT2D eigenvalue weighted by Gasteiger charge is -2.36. The minimum Gasteiger partial charge on any atom is -0.506 e. The molecule has 1 heterocycles. The number of para-hydroxylation sites is 3. The van der Waals surface area contributed by atoms with E-state index in [0.29, 0.717) is 11.7 Å². The molecule has 3 N–H and O–H groups in total. The van der Waals surface area contributed by atoms with Crippen molar-refractivity contribution in [1.29, 1.82) is 0 Å². The first-order valence-corrected chi connectivity index (χ1v) is 9.74. The number of carbonyl (C=O) groups is 1. The molecule has 1 aliphatic rings. The van der Waals surface area contributed by atoms with Gasteiger partial charge in [-0.25, -0.2) is 0 Å². The van der Waals surface area contributed by atoms with Crippen molar-refractivity contribution in [3.63, 3.8) is 0 Å². The normalized spacial score (nSPS) is 16.4. The van der Waals surface area contributed by atoms with Crippen LogP contribution in [0, 0.1) is 0 Å². The number of phenols is 1. The third kappa shape index (κ3) is 4.42.